The van der Waals surface area contributed by atoms with Gasteiger partial charge in [-0.1, -0.05) is 11.3 Å². The van der Waals surface area contributed by atoms with Crippen LogP contribution in [0, 0.1) is 0 Å². The summed E-state index contributed by atoms with van der Waals surface area (Å²) in [5.74, 6) is 0. The van der Waals surface area contributed by atoms with Crippen LogP contribution < -0.4 is 9.60 Å². The maximum atomic E-state index is 12.5. The molecule has 1 heterocycles. The van der Waals surface area contributed by atoms with Crippen molar-refractivity contribution >= 4 is 37.3 Å². The van der Waals surface area contributed by atoms with Crippen LogP contribution in [0.4, 0.5) is 18.9 Å². The van der Waals surface area contributed by atoms with E-state index in [1.54, 1.807) is 7.05 Å². The van der Waals surface area contributed by atoms with Gasteiger partial charge < -0.3 is 4.57 Å². The number of rotatable bonds is 3. The van der Waals surface area contributed by atoms with E-state index in [4.69, 9.17) is 0 Å². The van der Waals surface area contributed by atoms with Crippen molar-refractivity contribution in [3.8, 4) is 0 Å². The number of fused-ring (bicyclic) bond motifs is 1. The number of hydrogen-bond donors (Lipinski definition) is 1. The van der Waals surface area contributed by atoms with Crippen LogP contribution in [0.5, 0.6) is 0 Å². The fourth-order valence-electron chi connectivity index (χ4n) is 2.22. The van der Waals surface area contributed by atoms with Gasteiger partial charge in [0.15, 0.2) is 0 Å². The molecule has 10 heteroatoms. The lowest BCUT2D eigenvalue weighted by Gasteiger charge is -2.10. The van der Waals surface area contributed by atoms with Crippen molar-refractivity contribution in [1.29, 1.82) is 0 Å². The van der Waals surface area contributed by atoms with Crippen LogP contribution in [-0.4, -0.2) is 13.0 Å². The highest BCUT2D eigenvalue weighted by Gasteiger charge is 2.30. The van der Waals surface area contributed by atoms with E-state index in [0.29, 0.717) is 10.2 Å². The topological polar surface area (TPSA) is 68.2 Å². The van der Waals surface area contributed by atoms with E-state index in [1.165, 1.54) is 22.8 Å². The zero-order chi connectivity index (χ0) is 18.4. The first-order chi connectivity index (χ1) is 11.6. The number of sulfonamides is 1. The van der Waals surface area contributed by atoms with Gasteiger partial charge in [0.25, 0.3) is 10.0 Å². The van der Waals surface area contributed by atoms with E-state index in [1.807, 2.05) is 0 Å². The number of halogens is 3. The third kappa shape index (κ3) is 3.40. The molecule has 0 saturated carbocycles. The number of hydrogen-bond acceptors (Lipinski definition) is 4. The molecule has 0 radical (unpaired) electrons. The molecule has 0 atom stereocenters. The van der Waals surface area contributed by atoms with Crippen LogP contribution in [0.3, 0.4) is 0 Å². The molecule has 0 aliphatic rings. The molecule has 5 nitrogen and oxygen atoms in total. The highest BCUT2D eigenvalue weighted by Crippen LogP contribution is 2.30. The summed E-state index contributed by atoms with van der Waals surface area (Å²) in [6.45, 7) is 0. The largest absolute Gasteiger partial charge is 0.416 e. The minimum atomic E-state index is -4.49. The second kappa shape index (κ2) is 5.88. The highest BCUT2D eigenvalue weighted by molar-refractivity contribution is 7.92. The Labute approximate surface area is 144 Å². The number of alkyl halides is 3. The fourth-order valence-corrected chi connectivity index (χ4v) is 4.30. The van der Waals surface area contributed by atoms with Crippen molar-refractivity contribution < 1.29 is 21.6 Å². The summed E-state index contributed by atoms with van der Waals surface area (Å²) in [5.41, 5.74) is -0.260. The standard InChI is InChI=1S/C15H11F3N2O3S2/c1-20-12-7-6-11(8-13(12)24-14(20)21)25(22,23)19-10-4-2-9(3-5-10)15(16,17)18/h2-8,19H,1H3. The first-order valence-electron chi connectivity index (χ1n) is 6.87. The van der Waals surface area contributed by atoms with Gasteiger partial charge in [-0.05, 0) is 42.5 Å². The van der Waals surface area contributed by atoms with Crippen molar-refractivity contribution in [2.45, 2.75) is 11.1 Å². The smallest absolute Gasteiger partial charge is 0.302 e. The molecule has 0 bridgehead atoms. The normalized spacial score (nSPS) is 12.5. The van der Waals surface area contributed by atoms with Crippen molar-refractivity contribution in [1.82, 2.24) is 4.57 Å². The van der Waals surface area contributed by atoms with E-state index < -0.39 is 21.8 Å². The molecule has 25 heavy (non-hydrogen) atoms. The molecule has 3 rings (SSSR count). The van der Waals surface area contributed by atoms with Gasteiger partial charge in [-0.25, -0.2) is 8.42 Å². The summed E-state index contributed by atoms with van der Waals surface area (Å²) in [6, 6.07) is 7.87. The highest BCUT2D eigenvalue weighted by atomic mass is 32.2. The minimum Gasteiger partial charge on any atom is -0.302 e. The molecule has 0 aliphatic carbocycles. The van der Waals surface area contributed by atoms with Gasteiger partial charge in [0.1, 0.15) is 0 Å². The zero-order valence-electron chi connectivity index (χ0n) is 12.7. The molecule has 0 fully saturated rings. The van der Waals surface area contributed by atoms with Gasteiger partial charge >= 0.3 is 11.0 Å². The molecule has 0 saturated heterocycles. The Morgan fingerprint density at radius 2 is 1.72 bits per heavy atom. The molecule has 0 unspecified atom stereocenters. The third-order valence-electron chi connectivity index (χ3n) is 3.54. The second-order valence-electron chi connectivity index (χ2n) is 5.24. The summed E-state index contributed by atoms with van der Waals surface area (Å²) in [6.07, 6.45) is -4.49. The SMILES string of the molecule is Cn1c(=O)sc2cc(S(=O)(=O)Nc3ccc(C(F)(F)F)cc3)ccc21. The van der Waals surface area contributed by atoms with E-state index in [-0.39, 0.29) is 15.5 Å². The second-order valence-corrected chi connectivity index (χ2v) is 7.91. The summed E-state index contributed by atoms with van der Waals surface area (Å²) in [5, 5.41) is 0. The number of thiazole rings is 1. The number of nitrogens with zero attached hydrogens (tertiary/aromatic N) is 1. The molecular formula is C15H11F3N2O3S2. The Hall–Kier alpha value is -2.33. The Morgan fingerprint density at radius 1 is 1.08 bits per heavy atom. The number of aromatic nitrogens is 1. The number of nitrogens with one attached hydrogen (secondary N) is 1. The van der Waals surface area contributed by atoms with Gasteiger partial charge in [-0.2, -0.15) is 13.2 Å². The molecule has 0 spiro atoms. The summed E-state index contributed by atoms with van der Waals surface area (Å²) >= 11 is 0.910. The number of anilines is 1. The Morgan fingerprint density at radius 3 is 2.32 bits per heavy atom. The van der Waals surface area contributed by atoms with Crippen molar-refractivity contribution in [3.05, 3.63) is 57.7 Å². The molecule has 0 aliphatic heterocycles. The van der Waals surface area contributed by atoms with E-state index in [9.17, 15) is 26.4 Å². The predicted octanol–water partition coefficient (Wildman–Crippen LogP) is 3.42. The van der Waals surface area contributed by atoms with Gasteiger partial charge in [0, 0.05) is 12.7 Å². The predicted molar refractivity (Wildman–Crippen MR) is 89.3 cm³/mol. The van der Waals surface area contributed by atoms with Crippen LogP contribution in [-0.2, 0) is 23.2 Å². The monoisotopic (exact) mass is 388 g/mol. The lowest BCUT2D eigenvalue weighted by molar-refractivity contribution is -0.137. The van der Waals surface area contributed by atoms with Gasteiger partial charge in [0.2, 0.25) is 0 Å². The van der Waals surface area contributed by atoms with Crippen molar-refractivity contribution in [2.24, 2.45) is 7.05 Å². The van der Waals surface area contributed by atoms with Crippen molar-refractivity contribution in [2.75, 3.05) is 4.72 Å². The molecule has 1 aromatic heterocycles. The lowest BCUT2D eigenvalue weighted by atomic mass is 10.2. The van der Waals surface area contributed by atoms with Crippen LogP contribution >= 0.6 is 11.3 Å². The quantitative estimate of drug-likeness (QED) is 0.748. The van der Waals surface area contributed by atoms with Crippen LogP contribution in [0.2, 0.25) is 0 Å². The first-order valence-corrected chi connectivity index (χ1v) is 9.17. The van der Waals surface area contributed by atoms with E-state index in [0.717, 1.165) is 35.6 Å². The van der Waals surface area contributed by atoms with Crippen LogP contribution in [0.15, 0.2) is 52.2 Å². The Balaban J connectivity index is 1.93. The fraction of sp³-hybridized carbons (Fsp3) is 0.133. The maximum Gasteiger partial charge on any atom is 0.416 e. The minimum absolute atomic E-state index is 0.00865. The summed E-state index contributed by atoms with van der Waals surface area (Å²) < 4.78 is 66.6. The summed E-state index contributed by atoms with van der Waals surface area (Å²) in [7, 11) is -2.41. The van der Waals surface area contributed by atoms with Gasteiger partial charge in [-0.15, -0.1) is 0 Å². The van der Waals surface area contributed by atoms with Crippen molar-refractivity contribution in [3.63, 3.8) is 0 Å². The maximum absolute atomic E-state index is 12.5. The van der Waals surface area contributed by atoms with Gasteiger partial charge in [0.05, 0.1) is 20.7 Å². The zero-order valence-corrected chi connectivity index (χ0v) is 14.3. The lowest BCUT2D eigenvalue weighted by Crippen LogP contribution is -2.13. The molecule has 3 aromatic rings. The molecule has 2 aromatic carbocycles. The summed E-state index contributed by atoms with van der Waals surface area (Å²) in [4.78, 5) is 11.3. The molecule has 132 valence electrons. The molecule has 0 amide bonds. The third-order valence-corrected chi connectivity index (χ3v) is 5.91. The Bertz CT molecular complexity index is 1100. The van der Waals surface area contributed by atoms with E-state index in [2.05, 4.69) is 4.72 Å². The van der Waals surface area contributed by atoms with E-state index >= 15 is 0 Å². The average Bonchev–Trinajstić information content (AvgIpc) is 2.81. The Kier molecular flexibility index (Phi) is 4.12. The number of benzene rings is 2. The van der Waals surface area contributed by atoms with Crippen LogP contribution in [0.1, 0.15) is 5.56 Å². The average molecular weight is 388 g/mol. The van der Waals surface area contributed by atoms with Crippen LogP contribution in [0.25, 0.3) is 10.2 Å². The number of aryl methyl sites for hydroxylation is 1. The first kappa shape index (κ1) is 17.5. The molecular weight excluding hydrogens is 377 g/mol. The molecule has 1 N–H and O–H groups in total. The van der Waals surface area contributed by atoms with Gasteiger partial charge in [-0.3, -0.25) is 9.52 Å².